The first kappa shape index (κ1) is 32.9. The van der Waals surface area contributed by atoms with Crippen LogP contribution >= 0.6 is 0 Å². The van der Waals surface area contributed by atoms with Gasteiger partial charge in [-0.15, -0.1) is 0 Å². The summed E-state index contributed by atoms with van der Waals surface area (Å²) in [5, 5.41) is 9.94. The Balaban J connectivity index is 1.50. The third-order valence-corrected chi connectivity index (χ3v) is 10.6. The molecule has 1 N–H and O–H groups in total. The number of nitrogens with zero attached hydrogens (tertiary/aromatic N) is 3. The molecule has 45 heavy (non-hydrogen) atoms. The van der Waals surface area contributed by atoms with Gasteiger partial charge in [0.25, 0.3) is 15.6 Å². The number of imidazole rings is 1. The number of anilines is 1. The average Bonchev–Trinajstić information content (AvgIpc) is 3.50. The smallest absolute Gasteiger partial charge is 0.369 e. The molecule has 0 radical (unpaired) electrons. The summed E-state index contributed by atoms with van der Waals surface area (Å²) < 4.78 is 126. The van der Waals surface area contributed by atoms with Crippen LogP contribution in [0.15, 0.2) is 66.1 Å². The number of carbonyl (C=O) groups excluding carboxylic acids is 1. The maximum absolute atomic E-state index is 13.9. The standard InChI is InChI=1S/C30H30F7N3O4S/c31-22-7-10-25(11-8-22)45(43,44)40-23(17-24(41)16-19-3-1-2-4-26(19)39-14-13-38-18-39)9-5-20-15-21(6-12-27(20)40)28(42,29(32,33)34)30(35,36)37/h6-8,10-15,18-19,23,26,42H,1-5,9,16-17H2/t19-,23+,26-/m1/s1. The monoisotopic (exact) mass is 661 g/mol. The zero-order chi connectivity index (χ0) is 32.8. The summed E-state index contributed by atoms with van der Waals surface area (Å²) in [5.74, 6) is -1.02. The fourth-order valence-corrected chi connectivity index (χ4v) is 8.22. The Hall–Kier alpha value is -3.46. The van der Waals surface area contributed by atoms with Crippen LogP contribution in [0.4, 0.5) is 36.4 Å². The Morgan fingerprint density at radius 3 is 2.22 bits per heavy atom. The third-order valence-electron chi connectivity index (χ3n) is 8.73. The minimum Gasteiger partial charge on any atom is -0.369 e. The van der Waals surface area contributed by atoms with Crippen LogP contribution in [-0.2, 0) is 26.8 Å². The second-order valence-corrected chi connectivity index (χ2v) is 13.4. The topological polar surface area (TPSA) is 92.5 Å². The Labute approximate surface area is 254 Å². The minimum atomic E-state index is -6.13. The van der Waals surface area contributed by atoms with Crippen molar-refractivity contribution in [2.75, 3.05) is 4.31 Å². The molecule has 0 amide bonds. The highest BCUT2D eigenvalue weighted by Gasteiger charge is 2.71. The summed E-state index contributed by atoms with van der Waals surface area (Å²) >= 11 is 0. The van der Waals surface area contributed by atoms with Gasteiger partial charge in [-0.25, -0.2) is 17.8 Å². The lowest BCUT2D eigenvalue weighted by molar-refractivity contribution is -0.376. The van der Waals surface area contributed by atoms with Crippen molar-refractivity contribution >= 4 is 21.5 Å². The largest absolute Gasteiger partial charge is 0.430 e. The number of rotatable bonds is 8. The first-order valence-electron chi connectivity index (χ1n) is 14.3. The predicted octanol–water partition coefficient (Wildman–Crippen LogP) is 6.63. The van der Waals surface area contributed by atoms with Crippen molar-refractivity contribution in [3.05, 3.63) is 78.1 Å². The summed E-state index contributed by atoms with van der Waals surface area (Å²) in [6.07, 6.45) is -4.03. The van der Waals surface area contributed by atoms with E-state index in [0.29, 0.717) is 12.1 Å². The molecule has 2 heterocycles. The minimum absolute atomic E-state index is 0.0239. The predicted molar refractivity (Wildman–Crippen MR) is 148 cm³/mol. The highest BCUT2D eigenvalue weighted by atomic mass is 32.2. The molecule has 3 aromatic rings. The number of aliphatic hydroxyl groups is 1. The zero-order valence-electron chi connectivity index (χ0n) is 23.7. The molecule has 2 aliphatic rings. The zero-order valence-corrected chi connectivity index (χ0v) is 24.5. The quantitative estimate of drug-likeness (QED) is 0.274. The molecule has 0 spiro atoms. The lowest BCUT2D eigenvalue weighted by Gasteiger charge is -2.39. The Morgan fingerprint density at radius 2 is 1.60 bits per heavy atom. The fourth-order valence-electron chi connectivity index (χ4n) is 6.50. The molecule has 1 aliphatic heterocycles. The van der Waals surface area contributed by atoms with Gasteiger partial charge in [0.2, 0.25) is 0 Å². The van der Waals surface area contributed by atoms with Gasteiger partial charge in [-0.2, -0.15) is 26.3 Å². The van der Waals surface area contributed by atoms with Gasteiger partial charge in [0, 0.05) is 36.8 Å². The second kappa shape index (κ2) is 12.0. The summed E-state index contributed by atoms with van der Waals surface area (Å²) in [5.41, 5.74) is -7.14. The molecule has 244 valence electrons. The molecule has 1 aromatic heterocycles. The van der Waals surface area contributed by atoms with Crippen molar-refractivity contribution in [1.82, 2.24) is 9.55 Å². The molecule has 1 fully saturated rings. The van der Waals surface area contributed by atoms with Crippen LogP contribution in [0.5, 0.6) is 0 Å². The summed E-state index contributed by atoms with van der Waals surface area (Å²) in [6, 6.07) is 4.42. The van der Waals surface area contributed by atoms with E-state index < -0.39 is 45.4 Å². The molecule has 1 aliphatic carbocycles. The van der Waals surface area contributed by atoms with Crippen LogP contribution in [0.2, 0.25) is 0 Å². The Bertz CT molecular complexity index is 1610. The number of aromatic nitrogens is 2. The molecular weight excluding hydrogens is 631 g/mol. The number of benzene rings is 2. The van der Waals surface area contributed by atoms with Crippen molar-refractivity contribution < 1.29 is 49.1 Å². The van der Waals surface area contributed by atoms with Gasteiger partial charge in [-0.1, -0.05) is 25.0 Å². The average molecular weight is 662 g/mol. The van der Waals surface area contributed by atoms with E-state index in [0.717, 1.165) is 60.3 Å². The molecule has 7 nitrogen and oxygen atoms in total. The van der Waals surface area contributed by atoms with Crippen molar-refractivity contribution in [2.24, 2.45) is 5.92 Å². The van der Waals surface area contributed by atoms with E-state index in [2.05, 4.69) is 4.98 Å². The van der Waals surface area contributed by atoms with Gasteiger partial charge in [0.05, 0.1) is 23.0 Å². The van der Waals surface area contributed by atoms with Crippen molar-refractivity contribution in [1.29, 1.82) is 0 Å². The van der Waals surface area contributed by atoms with E-state index in [4.69, 9.17) is 0 Å². The van der Waals surface area contributed by atoms with Crippen LogP contribution in [0.3, 0.4) is 0 Å². The fraction of sp³-hybridized carbons (Fsp3) is 0.467. The summed E-state index contributed by atoms with van der Waals surface area (Å²) in [4.78, 5) is 17.2. The summed E-state index contributed by atoms with van der Waals surface area (Å²) in [7, 11) is -4.58. The normalized spacial score (nSPS) is 21.4. The third kappa shape index (κ3) is 6.20. The number of aryl methyl sites for hydroxylation is 1. The molecule has 5 rings (SSSR count). The lowest BCUT2D eigenvalue weighted by atomic mass is 9.80. The van der Waals surface area contributed by atoms with Gasteiger partial charge in [-0.3, -0.25) is 9.10 Å². The molecule has 0 unspecified atom stereocenters. The lowest BCUT2D eigenvalue weighted by Crippen LogP contribution is -2.54. The molecular formula is C30H30F7N3O4S. The van der Waals surface area contributed by atoms with Crippen molar-refractivity contribution in [3.8, 4) is 0 Å². The highest BCUT2D eigenvalue weighted by molar-refractivity contribution is 7.92. The number of carbonyl (C=O) groups is 1. The first-order chi connectivity index (χ1) is 21.0. The van der Waals surface area contributed by atoms with Crippen LogP contribution in [0.25, 0.3) is 0 Å². The van der Waals surface area contributed by atoms with Gasteiger partial charge in [-0.05, 0) is 67.5 Å². The highest BCUT2D eigenvalue weighted by Crippen LogP contribution is 2.51. The van der Waals surface area contributed by atoms with E-state index in [1.54, 1.807) is 12.5 Å². The molecule has 3 atom stereocenters. The van der Waals surface area contributed by atoms with E-state index in [-0.39, 0.29) is 59.6 Å². The van der Waals surface area contributed by atoms with Crippen LogP contribution in [0.1, 0.15) is 62.1 Å². The van der Waals surface area contributed by atoms with Crippen LogP contribution < -0.4 is 4.31 Å². The molecule has 0 saturated heterocycles. The molecule has 1 saturated carbocycles. The van der Waals surface area contributed by atoms with E-state index in [1.807, 2.05) is 10.8 Å². The Morgan fingerprint density at radius 1 is 0.933 bits per heavy atom. The van der Waals surface area contributed by atoms with Crippen molar-refractivity contribution in [2.45, 2.75) is 86.3 Å². The van der Waals surface area contributed by atoms with Crippen LogP contribution in [0, 0.1) is 11.7 Å². The number of Topliss-reactive ketones (excluding diaryl/α,β-unsaturated/α-hetero) is 1. The summed E-state index contributed by atoms with van der Waals surface area (Å²) in [6.45, 7) is 0. The van der Waals surface area contributed by atoms with E-state index in [1.165, 1.54) is 0 Å². The Kier molecular flexibility index (Phi) is 8.81. The number of ketones is 1. The number of hydrogen-bond donors (Lipinski definition) is 1. The van der Waals surface area contributed by atoms with E-state index in [9.17, 15) is 49.1 Å². The number of halogens is 7. The van der Waals surface area contributed by atoms with Gasteiger partial charge >= 0.3 is 12.4 Å². The second-order valence-electron chi connectivity index (χ2n) is 11.6. The molecule has 2 aromatic carbocycles. The molecule has 15 heteroatoms. The van der Waals surface area contributed by atoms with E-state index >= 15 is 0 Å². The van der Waals surface area contributed by atoms with Crippen LogP contribution in [-0.4, -0.2) is 47.3 Å². The number of alkyl halides is 6. The molecule has 0 bridgehead atoms. The van der Waals surface area contributed by atoms with Gasteiger partial charge in [0.1, 0.15) is 11.6 Å². The van der Waals surface area contributed by atoms with Crippen molar-refractivity contribution in [3.63, 3.8) is 0 Å². The first-order valence-corrected chi connectivity index (χ1v) is 15.8. The maximum Gasteiger partial charge on any atom is 0.430 e. The SMILES string of the molecule is O=C(C[C@H]1CCCC[C@H]1n1ccnc1)C[C@@H]1CCc2cc(C(O)(C(F)(F)F)C(F)(F)F)ccc2N1S(=O)(=O)c1ccc(F)cc1. The number of hydrogen-bond acceptors (Lipinski definition) is 5. The number of fused-ring (bicyclic) bond motifs is 1. The maximum atomic E-state index is 13.9. The van der Waals surface area contributed by atoms with Gasteiger partial charge < -0.3 is 9.67 Å². The number of sulfonamides is 1. The van der Waals surface area contributed by atoms with Gasteiger partial charge in [0.15, 0.2) is 0 Å².